The summed E-state index contributed by atoms with van der Waals surface area (Å²) in [7, 11) is 0. The van der Waals surface area contributed by atoms with E-state index in [0.717, 1.165) is 25.7 Å². The van der Waals surface area contributed by atoms with Gasteiger partial charge in [0.2, 0.25) is 11.8 Å². The van der Waals surface area contributed by atoms with Crippen LogP contribution in [0, 0.1) is 11.3 Å². The summed E-state index contributed by atoms with van der Waals surface area (Å²) in [5, 5.41) is 0. The fraction of sp³-hybridized carbons (Fsp3) is 0.846. The molecule has 0 radical (unpaired) electrons. The summed E-state index contributed by atoms with van der Waals surface area (Å²) in [4.78, 5) is 25.1. The maximum atomic E-state index is 12.6. The number of nitrogens with zero attached hydrogens (tertiary/aromatic N) is 1. The summed E-state index contributed by atoms with van der Waals surface area (Å²) in [6.45, 7) is 4.90. The van der Waals surface area contributed by atoms with Gasteiger partial charge < -0.3 is 16.4 Å². The molecular formula is C13H25N3O2. The van der Waals surface area contributed by atoms with Crippen molar-refractivity contribution in [1.82, 2.24) is 4.90 Å². The molecule has 1 saturated carbocycles. The van der Waals surface area contributed by atoms with E-state index >= 15 is 0 Å². The highest BCUT2D eigenvalue weighted by atomic mass is 16.2. The highest BCUT2D eigenvalue weighted by molar-refractivity contribution is 5.87. The molecule has 1 aliphatic rings. The van der Waals surface area contributed by atoms with Crippen LogP contribution in [0.3, 0.4) is 0 Å². The van der Waals surface area contributed by atoms with E-state index in [0.29, 0.717) is 19.0 Å². The molecule has 1 aliphatic carbocycles. The van der Waals surface area contributed by atoms with E-state index in [2.05, 4.69) is 6.92 Å². The molecule has 0 atom stereocenters. The lowest BCUT2D eigenvalue weighted by Crippen LogP contribution is -2.51. The number of rotatable bonds is 5. The maximum absolute atomic E-state index is 12.6. The third kappa shape index (κ3) is 3.22. The van der Waals surface area contributed by atoms with E-state index in [9.17, 15) is 9.59 Å². The second-order valence-corrected chi connectivity index (χ2v) is 5.45. The molecule has 0 bridgehead atoms. The minimum absolute atomic E-state index is 0.00167. The third-order valence-electron chi connectivity index (χ3n) is 4.09. The van der Waals surface area contributed by atoms with Gasteiger partial charge in [-0.2, -0.15) is 0 Å². The van der Waals surface area contributed by atoms with Crippen molar-refractivity contribution in [3.8, 4) is 0 Å². The molecule has 2 amide bonds. The Morgan fingerprint density at radius 1 is 1.33 bits per heavy atom. The Kier molecular flexibility index (Phi) is 5.14. The van der Waals surface area contributed by atoms with Gasteiger partial charge in [0, 0.05) is 13.1 Å². The first-order valence-electron chi connectivity index (χ1n) is 6.73. The van der Waals surface area contributed by atoms with Crippen molar-refractivity contribution in [2.75, 3.05) is 19.6 Å². The molecule has 0 aromatic heterocycles. The van der Waals surface area contributed by atoms with Crippen LogP contribution in [0.15, 0.2) is 0 Å². The summed E-state index contributed by atoms with van der Waals surface area (Å²) < 4.78 is 0. The Balaban J connectivity index is 2.80. The summed E-state index contributed by atoms with van der Waals surface area (Å²) in [6, 6.07) is 0. The zero-order valence-electron chi connectivity index (χ0n) is 11.4. The van der Waals surface area contributed by atoms with Crippen LogP contribution in [0.2, 0.25) is 0 Å². The number of hydrogen-bond donors (Lipinski definition) is 2. The zero-order valence-corrected chi connectivity index (χ0v) is 11.4. The molecule has 0 heterocycles. The minimum Gasteiger partial charge on any atom is -0.368 e. The highest BCUT2D eigenvalue weighted by Gasteiger charge is 2.42. The fourth-order valence-electron chi connectivity index (χ4n) is 2.67. The van der Waals surface area contributed by atoms with Gasteiger partial charge in [-0.25, -0.2) is 0 Å². The smallest absolute Gasteiger partial charge is 0.237 e. The van der Waals surface area contributed by atoms with Crippen LogP contribution in [-0.2, 0) is 9.59 Å². The summed E-state index contributed by atoms with van der Waals surface area (Å²) in [5.74, 6) is 0.184. The average molecular weight is 255 g/mol. The zero-order chi connectivity index (χ0) is 13.8. The average Bonchev–Trinajstić information content (AvgIpc) is 2.36. The van der Waals surface area contributed by atoms with E-state index in [1.165, 1.54) is 4.90 Å². The van der Waals surface area contributed by atoms with Crippen molar-refractivity contribution in [3.05, 3.63) is 0 Å². The predicted molar refractivity (Wildman–Crippen MR) is 70.6 cm³/mol. The van der Waals surface area contributed by atoms with E-state index in [1.807, 2.05) is 6.92 Å². The van der Waals surface area contributed by atoms with Crippen LogP contribution in [0.5, 0.6) is 0 Å². The normalized spacial score (nSPS) is 27.8. The van der Waals surface area contributed by atoms with E-state index < -0.39 is 11.3 Å². The molecular weight excluding hydrogens is 230 g/mol. The van der Waals surface area contributed by atoms with E-state index in [-0.39, 0.29) is 12.5 Å². The van der Waals surface area contributed by atoms with Crippen LogP contribution in [0.25, 0.3) is 0 Å². The van der Waals surface area contributed by atoms with Gasteiger partial charge in [0.05, 0.1) is 12.0 Å². The molecule has 104 valence electrons. The van der Waals surface area contributed by atoms with Crippen molar-refractivity contribution < 1.29 is 9.59 Å². The van der Waals surface area contributed by atoms with Gasteiger partial charge in [-0.15, -0.1) is 0 Å². The first-order valence-corrected chi connectivity index (χ1v) is 6.73. The van der Waals surface area contributed by atoms with Crippen molar-refractivity contribution in [3.63, 3.8) is 0 Å². The second kappa shape index (κ2) is 6.18. The molecule has 18 heavy (non-hydrogen) atoms. The largest absolute Gasteiger partial charge is 0.368 e. The van der Waals surface area contributed by atoms with Crippen molar-refractivity contribution in [2.24, 2.45) is 22.8 Å². The minimum atomic E-state index is -0.474. The Morgan fingerprint density at radius 3 is 2.28 bits per heavy atom. The van der Waals surface area contributed by atoms with Crippen LogP contribution >= 0.6 is 0 Å². The van der Waals surface area contributed by atoms with Crippen LogP contribution < -0.4 is 11.5 Å². The van der Waals surface area contributed by atoms with E-state index in [1.54, 1.807) is 0 Å². The maximum Gasteiger partial charge on any atom is 0.237 e. The number of amides is 2. The van der Waals surface area contributed by atoms with Crippen molar-refractivity contribution in [2.45, 2.75) is 39.5 Å². The molecule has 0 unspecified atom stereocenters. The lowest BCUT2D eigenvalue weighted by molar-refractivity contribution is -0.146. The molecule has 1 rings (SSSR count). The van der Waals surface area contributed by atoms with Gasteiger partial charge in [0.25, 0.3) is 0 Å². The van der Waals surface area contributed by atoms with Gasteiger partial charge >= 0.3 is 0 Å². The first-order chi connectivity index (χ1) is 8.45. The lowest BCUT2D eigenvalue weighted by Gasteiger charge is -2.40. The van der Waals surface area contributed by atoms with E-state index in [4.69, 9.17) is 11.5 Å². The lowest BCUT2D eigenvalue weighted by atomic mass is 9.70. The molecule has 0 saturated heterocycles. The second-order valence-electron chi connectivity index (χ2n) is 5.45. The molecule has 0 spiro atoms. The summed E-state index contributed by atoms with van der Waals surface area (Å²) in [5.41, 5.74) is 10.5. The van der Waals surface area contributed by atoms with Gasteiger partial charge in [-0.3, -0.25) is 9.59 Å². The number of carbonyl (C=O) groups excluding carboxylic acids is 2. The fourth-order valence-corrected chi connectivity index (χ4v) is 2.67. The Hall–Kier alpha value is -1.10. The van der Waals surface area contributed by atoms with Crippen molar-refractivity contribution in [1.29, 1.82) is 0 Å². The molecule has 0 aromatic carbocycles. The van der Waals surface area contributed by atoms with Gasteiger partial charge in [-0.1, -0.05) is 6.92 Å². The SMILES string of the molecule is CCN(CC(N)=O)C(=O)C1(CN)CCC(C)CC1. The van der Waals surface area contributed by atoms with Crippen LogP contribution in [0.1, 0.15) is 39.5 Å². The Bertz CT molecular complexity index is 309. The molecule has 0 aliphatic heterocycles. The third-order valence-corrected chi connectivity index (χ3v) is 4.09. The number of primary amides is 1. The Labute approximate surface area is 109 Å². The number of nitrogens with two attached hydrogens (primary N) is 2. The number of hydrogen-bond acceptors (Lipinski definition) is 3. The predicted octanol–water partition coefficient (Wildman–Crippen LogP) is 0.475. The molecule has 0 aromatic rings. The topological polar surface area (TPSA) is 89.4 Å². The summed E-state index contributed by atoms with van der Waals surface area (Å²) >= 11 is 0. The van der Waals surface area contributed by atoms with Crippen LogP contribution in [-0.4, -0.2) is 36.3 Å². The number of likely N-dealkylation sites (N-methyl/N-ethyl adjacent to an activating group) is 1. The number of carbonyl (C=O) groups is 2. The Morgan fingerprint density at radius 2 is 1.89 bits per heavy atom. The standard InChI is InChI=1S/C13H25N3O2/c1-3-16(8-11(15)17)12(18)13(9-14)6-4-10(2)5-7-13/h10H,3-9,14H2,1-2H3,(H2,15,17). The van der Waals surface area contributed by atoms with Gasteiger partial charge in [0.1, 0.15) is 0 Å². The van der Waals surface area contributed by atoms with Crippen molar-refractivity contribution >= 4 is 11.8 Å². The van der Waals surface area contributed by atoms with Crippen LogP contribution in [0.4, 0.5) is 0 Å². The van der Waals surface area contributed by atoms with Gasteiger partial charge in [0.15, 0.2) is 0 Å². The summed E-state index contributed by atoms with van der Waals surface area (Å²) in [6.07, 6.45) is 3.69. The molecule has 5 heteroatoms. The monoisotopic (exact) mass is 255 g/mol. The first kappa shape index (κ1) is 15.0. The molecule has 4 N–H and O–H groups in total. The molecule has 5 nitrogen and oxygen atoms in total. The highest BCUT2D eigenvalue weighted by Crippen LogP contribution is 2.39. The van der Waals surface area contributed by atoms with Gasteiger partial charge in [-0.05, 0) is 38.5 Å². The molecule has 1 fully saturated rings. The quantitative estimate of drug-likeness (QED) is 0.748.